The summed E-state index contributed by atoms with van der Waals surface area (Å²) in [6, 6.07) is 17.5. The summed E-state index contributed by atoms with van der Waals surface area (Å²) in [4.78, 5) is 31.4. The number of nitrogens with zero attached hydrogens (tertiary/aromatic N) is 1. The van der Waals surface area contributed by atoms with Gasteiger partial charge < -0.3 is 14.1 Å². The smallest absolute Gasteiger partial charge is 0.338 e. The fraction of sp³-hybridized carbons (Fsp3) is 0.0500. The number of hydrogen-bond acceptors (Lipinski definition) is 5. The van der Waals surface area contributed by atoms with Gasteiger partial charge in [-0.3, -0.25) is 4.79 Å². The summed E-state index contributed by atoms with van der Waals surface area (Å²) in [7, 11) is 1.33. The molecule has 0 radical (unpaired) electrons. The molecule has 0 spiro atoms. The maximum Gasteiger partial charge on any atom is 0.338 e. The number of H-pyrrole nitrogens is 1. The van der Waals surface area contributed by atoms with Gasteiger partial charge in [-0.05, 0) is 30.3 Å². The van der Waals surface area contributed by atoms with E-state index < -0.39 is 5.97 Å². The van der Waals surface area contributed by atoms with Crippen LogP contribution in [0.3, 0.4) is 0 Å². The van der Waals surface area contributed by atoms with Gasteiger partial charge in [-0.1, -0.05) is 30.3 Å². The van der Waals surface area contributed by atoms with Crippen LogP contribution in [0.4, 0.5) is 0 Å². The number of para-hydroxylation sites is 1. The van der Waals surface area contributed by atoms with Gasteiger partial charge in [0.1, 0.15) is 5.76 Å². The molecular weight excluding hydrogens is 332 g/mol. The van der Waals surface area contributed by atoms with Crippen LogP contribution in [-0.4, -0.2) is 23.0 Å². The largest absolute Gasteiger partial charge is 0.465 e. The average molecular weight is 346 g/mol. The molecule has 0 atom stereocenters. The SMILES string of the molecule is COC(=O)c1ccccc1-c1ccc(-c2nc3ccccc3c(=O)[nH]2)o1. The van der Waals surface area contributed by atoms with Gasteiger partial charge in [0.2, 0.25) is 0 Å². The predicted molar refractivity (Wildman–Crippen MR) is 96.8 cm³/mol. The molecule has 6 heteroatoms. The van der Waals surface area contributed by atoms with Crippen molar-refractivity contribution in [2.75, 3.05) is 7.11 Å². The number of nitrogens with one attached hydrogen (secondary N) is 1. The van der Waals surface area contributed by atoms with Crippen LogP contribution in [0.5, 0.6) is 0 Å². The molecule has 0 amide bonds. The van der Waals surface area contributed by atoms with E-state index in [1.807, 2.05) is 6.07 Å². The standard InChI is InChI=1S/C20H14N2O4/c1-25-20(24)13-7-3-2-6-12(13)16-10-11-17(26-16)18-21-15-9-5-4-8-14(15)19(23)22-18/h2-11H,1H3,(H,21,22,23). The lowest BCUT2D eigenvalue weighted by atomic mass is 10.1. The van der Waals surface area contributed by atoms with Crippen molar-refractivity contribution in [1.82, 2.24) is 9.97 Å². The number of ether oxygens (including phenoxy) is 1. The molecule has 128 valence electrons. The van der Waals surface area contributed by atoms with E-state index in [4.69, 9.17) is 9.15 Å². The Kier molecular flexibility index (Phi) is 3.85. The molecule has 6 nitrogen and oxygen atoms in total. The van der Waals surface area contributed by atoms with Crippen molar-refractivity contribution in [3.63, 3.8) is 0 Å². The molecule has 1 N–H and O–H groups in total. The van der Waals surface area contributed by atoms with Gasteiger partial charge in [0, 0.05) is 5.56 Å². The van der Waals surface area contributed by atoms with Crippen molar-refractivity contribution in [2.24, 2.45) is 0 Å². The van der Waals surface area contributed by atoms with E-state index in [-0.39, 0.29) is 5.56 Å². The van der Waals surface area contributed by atoms with Crippen LogP contribution in [0, 0.1) is 0 Å². The molecule has 2 aromatic heterocycles. The summed E-state index contributed by atoms with van der Waals surface area (Å²) in [6.45, 7) is 0. The molecule has 0 fully saturated rings. The highest BCUT2D eigenvalue weighted by Crippen LogP contribution is 2.29. The fourth-order valence-electron chi connectivity index (χ4n) is 2.80. The van der Waals surface area contributed by atoms with Crippen LogP contribution in [0.2, 0.25) is 0 Å². The van der Waals surface area contributed by atoms with Crippen molar-refractivity contribution < 1.29 is 13.9 Å². The number of furan rings is 1. The molecule has 0 aliphatic heterocycles. The van der Waals surface area contributed by atoms with Gasteiger partial charge in [-0.25, -0.2) is 9.78 Å². The predicted octanol–water partition coefficient (Wildman–Crippen LogP) is 3.64. The highest BCUT2D eigenvalue weighted by Gasteiger charge is 2.16. The molecule has 0 saturated heterocycles. The number of carbonyl (C=O) groups is 1. The van der Waals surface area contributed by atoms with E-state index >= 15 is 0 Å². The Balaban J connectivity index is 1.81. The van der Waals surface area contributed by atoms with Crippen molar-refractivity contribution >= 4 is 16.9 Å². The zero-order valence-corrected chi connectivity index (χ0v) is 13.9. The minimum absolute atomic E-state index is 0.237. The van der Waals surface area contributed by atoms with E-state index in [2.05, 4.69) is 9.97 Å². The third-order valence-corrected chi connectivity index (χ3v) is 4.05. The Morgan fingerprint density at radius 1 is 1.00 bits per heavy atom. The quantitative estimate of drug-likeness (QED) is 0.573. The normalized spacial score (nSPS) is 10.8. The molecule has 0 bridgehead atoms. The van der Waals surface area contributed by atoms with E-state index in [9.17, 15) is 9.59 Å². The number of carbonyl (C=O) groups excluding carboxylic acids is 1. The van der Waals surface area contributed by atoms with E-state index in [1.165, 1.54) is 7.11 Å². The molecule has 0 aliphatic rings. The molecule has 2 heterocycles. The lowest BCUT2D eigenvalue weighted by Crippen LogP contribution is -2.09. The molecule has 0 saturated carbocycles. The average Bonchev–Trinajstić information content (AvgIpc) is 3.17. The zero-order valence-electron chi connectivity index (χ0n) is 13.9. The van der Waals surface area contributed by atoms with Crippen molar-refractivity contribution in [3.05, 3.63) is 76.6 Å². The first-order valence-electron chi connectivity index (χ1n) is 7.94. The lowest BCUT2D eigenvalue weighted by molar-refractivity contribution is 0.0601. The Hall–Kier alpha value is -3.67. The second-order valence-electron chi connectivity index (χ2n) is 5.63. The molecule has 2 aromatic carbocycles. The number of rotatable bonds is 3. The summed E-state index contributed by atoms with van der Waals surface area (Å²) in [5, 5.41) is 0.513. The van der Waals surface area contributed by atoms with Crippen LogP contribution in [0.1, 0.15) is 10.4 Å². The van der Waals surface area contributed by atoms with Crippen molar-refractivity contribution in [2.45, 2.75) is 0 Å². The van der Waals surface area contributed by atoms with Gasteiger partial charge in [0.15, 0.2) is 11.6 Å². The fourth-order valence-corrected chi connectivity index (χ4v) is 2.80. The summed E-state index contributed by atoms with van der Waals surface area (Å²) < 4.78 is 10.7. The van der Waals surface area contributed by atoms with Gasteiger partial charge in [0.25, 0.3) is 5.56 Å². The first-order valence-corrected chi connectivity index (χ1v) is 7.94. The molecule has 26 heavy (non-hydrogen) atoms. The highest BCUT2D eigenvalue weighted by atomic mass is 16.5. The number of esters is 1. The van der Waals surface area contributed by atoms with Crippen LogP contribution in [-0.2, 0) is 4.74 Å². The van der Waals surface area contributed by atoms with Crippen LogP contribution < -0.4 is 5.56 Å². The second kappa shape index (κ2) is 6.33. The third kappa shape index (κ3) is 2.67. The molecular formula is C20H14N2O4. The maximum atomic E-state index is 12.2. The minimum Gasteiger partial charge on any atom is -0.465 e. The van der Waals surface area contributed by atoms with Crippen LogP contribution in [0.15, 0.2) is 69.9 Å². The summed E-state index contributed by atoms with van der Waals surface area (Å²) in [6.07, 6.45) is 0. The Morgan fingerprint density at radius 3 is 2.58 bits per heavy atom. The molecule has 4 rings (SSSR count). The first kappa shape index (κ1) is 15.8. The van der Waals surface area contributed by atoms with Gasteiger partial charge in [-0.15, -0.1) is 0 Å². The summed E-state index contributed by atoms with van der Waals surface area (Å²) in [5.41, 5.74) is 1.35. The minimum atomic E-state index is -0.448. The zero-order chi connectivity index (χ0) is 18.1. The maximum absolute atomic E-state index is 12.2. The summed E-state index contributed by atoms with van der Waals surface area (Å²) in [5.74, 6) is 0.769. The number of benzene rings is 2. The van der Waals surface area contributed by atoms with Gasteiger partial charge in [0.05, 0.1) is 23.6 Å². The third-order valence-electron chi connectivity index (χ3n) is 4.05. The van der Waals surface area contributed by atoms with E-state index in [0.29, 0.717) is 39.4 Å². The van der Waals surface area contributed by atoms with Gasteiger partial charge in [-0.2, -0.15) is 0 Å². The summed E-state index contributed by atoms with van der Waals surface area (Å²) >= 11 is 0. The Bertz CT molecular complexity index is 1170. The Morgan fingerprint density at radius 2 is 1.73 bits per heavy atom. The van der Waals surface area contributed by atoms with E-state index in [0.717, 1.165) is 0 Å². The lowest BCUT2D eigenvalue weighted by Gasteiger charge is -2.05. The monoisotopic (exact) mass is 346 g/mol. The highest BCUT2D eigenvalue weighted by molar-refractivity contribution is 5.96. The van der Waals surface area contributed by atoms with Crippen molar-refractivity contribution in [1.29, 1.82) is 0 Å². The second-order valence-corrected chi connectivity index (χ2v) is 5.63. The topological polar surface area (TPSA) is 85.2 Å². The molecule has 0 unspecified atom stereocenters. The number of methoxy groups -OCH3 is 1. The molecule has 0 aliphatic carbocycles. The first-order chi connectivity index (χ1) is 12.7. The van der Waals surface area contributed by atoms with Gasteiger partial charge >= 0.3 is 5.97 Å². The number of aromatic nitrogens is 2. The van der Waals surface area contributed by atoms with Crippen LogP contribution >= 0.6 is 0 Å². The Labute approximate surface area is 148 Å². The number of hydrogen-bond donors (Lipinski definition) is 1. The number of aromatic amines is 1. The van der Waals surface area contributed by atoms with Crippen LogP contribution in [0.25, 0.3) is 33.8 Å². The number of fused-ring (bicyclic) bond motifs is 1. The molecule has 4 aromatic rings. The van der Waals surface area contributed by atoms with Crippen molar-refractivity contribution in [3.8, 4) is 22.9 Å². The van der Waals surface area contributed by atoms with E-state index in [1.54, 1.807) is 54.6 Å².